The van der Waals surface area contributed by atoms with Gasteiger partial charge in [-0.05, 0) is 37.1 Å². The molecule has 2 rings (SSSR count). The van der Waals surface area contributed by atoms with Gasteiger partial charge in [-0.2, -0.15) is 4.31 Å². The summed E-state index contributed by atoms with van der Waals surface area (Å²) in [4.78, 5) is 25.1. The van der Waals surface area contributed by atoms with Crippen molar-refractivity contribution in [1.82, 2.24) is 9.21 Å². The maximum absolute atomic E-state index is 12.5. The maximum Gasteiger partial charge on any atom is 0.326 e. The Kier molecular flexibility index (Phi) is 5.61. The Morgan fingerprint density at radius 2 is 1.79 bits per heavy atom. The Labute approximate surface area is 141 Å². The molecule has 0 aliphatic carbocycles. The van der Waals surface area contributed by atoms with E-state index in [4.69, 9.17) is 5.11 Å². The van der Waals surface area contributed by atoms with Crippen molar-refractivity contribution in [3.8, 4) is 0 Å². The van der Waals surface area contributed by atoms with Gasteiger partial charge in [0, 0.05) is 25.2 Å². The molecule has 1 amide bonds. The van der Waals surface area contributed by atoms with Crippen LogP contribution in [0.5, 0.6) is 0 Å². The second-order valence-corrected chi connectivity index (χ2v) is 7.55. The number of hydrogen-bond acceptors (Lipinski definition) is 4. The van der Waals surface area contributed by atoms with Crippen LogP contribution < -0.4 is 0 Å². The van der Waals surface area contributed by atoms with Crippen molar-refractivity contribution in [3.63, 3.8) is 0 Å². The summed E-state index contributed by atoms with van der Waals surface area (Å²) in [5.41, 5.74) is 0.293. The number of carbonyl (C=O) groups is 2. The monoisotopic (exact) mass is 354 g/mol. The summed E-state index contributed by atoms with van der Waals surface area (Å²) in [6, 6.07) is 4.86. The van der Waals surface area contributed by atoms with Gasteiger partial charge < -0.3 is 10.0 Å². The molecule has 7 nitrogen and oxygen atoms in total. The molecule has 1 atom stereocenters. The summed E-state index contributed by atoms with van der Waals surface area (Å²) in [6.07, 6.45) is 1.09. The van der Waals surface area contributed by atoms with Gasteiger partial charge in [-0.15, -0.1) is 0 Å². The van der Waals surface area contributed by atoms with Gasteiger partial charge in [0.15, 0.2) is 0 Å². The number of aliphatic carboxylic acids is 1. The van der Waals surface area contributed by atoms with Gasteiger partial charge in [0.2, 0.25) is 10.0 Å². The Morgan fingerprint density at radius 3 is 2.29 bits per heavy atom. The molecular weight excluding hydrogens is 332 g/mol. The van der Waals surface area contributed by atoms with Gasteiger partial charge in [0.1, 0.15) is 6.04 Å². The van der Waals surface area contributed by atoms with E-state index in [1.165, 1.54) is 33.5 Å². The fourth-order valence-electron chi connectivity index (χ4n) is 2.91. The summed E-state index contributed by atoms with van der Waals surface area (Å²) in [7, 11) is -3.57. The van der Waals surface area contributed by atoms with Crippen LogP contribution in [0.4, 0.5) is 0 Å². The van der Waals surface area contributed by atoms with E-state index in [1.54, 1.807) is 13.8 Å². The number of hydrogen-bond donors (Lipinski definition) is 1. The minimum Gasteiger partial charge on any atom is -0.480 e. The summed E-state index contributed by atoms with van der Waals surface area (Å²) in [5.74, 6) is -1.40. The smallest absolute Gasteiger partial charge is 0.326 e. The van der Waals surface area contributed by atoms with Crippen LogP contribution in [0, 0.1) is 0 Å². The molecule has 1 aliphatic heterocycles. The van der Waals surface area contributed by atoms with Gasteiger partial charge >= 0.3 is 5.97 Å². The first-order valence-corrected chi connectivity index (χ1v) is 9.40. The van der Waals surface area contributed by atoms with Crippen molar-refractivity contribution in [2.45, 2.75) is 37.6 Å². The second kappa shape index (κ2) is 7.31. The highest BCUT2D eigenvalue weighted by Crippen LogP contribution is 2.22. The van der Waals surface area contributed by atoms with Crippen molar-refractivity contribution in [1.29, 1.82) is 0 Å². The van der Waals surface area contributed by atoms with E-state index in [-0.39, 0.29) is 10.8 Å². The third-order valence-electron chi connectivity index (χ3n) is 4.24. The number of carboxylic acids is 1. The van der Waals surface area contributed by atoms with Crippen molar-refractivity contribution >= 4 is 21.9 Å². The molecule has 1 saturated heterocycles. The van der Waals surface area contributed by atoms with E-state index in [1.807, 2.05) is 0 Å². The molecule has 1 aliphatic rings. The van der Waals surface area contributed by atoms with Crippen molar-refractivity contribution in [2.75, 3.05) is 19.6 Å². The predicted molar refractivity (Wildman–Crippen MR) is 88.2 cm³/mol. The SMILES string of the molecule is CCN(CC)S(=O)(=O)c1ccc(C(=O)N2CCC[C@@H]2C(=O)O)cc1. The number of amides is 1. The molecule has 1 aromatic carbocycles. The molecule has 0 bridgehead atoms. The molecule has 8 heteroatoms. The molecule has 0 saturated carbocycles. The Hall–Kier alpha value is -1.93. The van der Waals surface area contributed by atoms with Crippen molar-refractivity contribution in [2.24, 2.45) is 0 Å². The topological polar surface area (TPSA) is 95.0 Å². The van der Waals surface area contributed by atoms with Crippen LogP contribution in [0.3, 0.4) is 0 Å². The fraction of sp³-hybridized carbons (Fsp3) is 0.500. The average molecular weight is 354 g/mol. The van der Waals surface area contributed by atoms with E-state index >= 15 is 0 Å². The molecule has 1 N–H and O–H groups in total. The molecule has 0 spiro atoms. The summed E-state index contributed by atoms with van der Waals surface area (Å²) < 4.78 is 26.2. The largest absolute Gasteiger partial charge is 0.480 e. The third-order valence-corrected chi connectivity index (χ3v) is 6.31. The molecule has 1 fully saturated rings. The van der Waals surface area contributed by atoms with Gasteiger partial charge in [-0.1, -0.05) is 13.8 Å². The summed E-state index contributed by atoms with van der Waals surface area (Å²) in [6.45, 7) is 4.66. The minimum atomic E-state index is -3.57. The molecular formula is C16H22N2O5S. The van der Waals surface area contributed by atoms with E-state index < -0.39 is 22.0 Å². The Morgan fingerprint density at radius 1 is 1.21 bits per heavy atom. The lowest BCUT2D eigenvalue weighted by atomic mass is 10.1. The number of carbonyl (C=O) groups excluding carboxylic acids is 1. The standard InChI is InChI=1S/C16H22N2O5S/c1-3-17(4-2)24(22,23)13-9-7-12(8-10-13)15(19)18-11-5-6-14(18)16(20)21/h7-10,14H,3-6,11H2,1-2H3,(H,20,21)/t14-/m1/s1. The zero-order valence-electron chi connectivity index (χ0n) is 13.8. The summed E-state index contributed by atoms with van der Waals surface area (Å²) in [5, 5.41) is 9.17. The highest BCUT2D eigenvalue weighted by atomic mass is 32.2. The van der Waals surface area contributed by atoms with E-state index in [0.717, 1.165) is 0 Å². The first kappa shape index (κ1) is 18.4. The van der Waals surface area contributed by atoms with Crippen LogP contribution in [0.25, 0.3) is 0 Å². The normalized spacial score (nSPS) is 18.1. The highest BCUT2D eigenvalue weighted by Gasteiger charge is 2.34. The Balaban J connectivity index is 2.23. The molecule has 24 heavy (non-hydrogen) atoms. The van der Waals surface area contributed by atoms with E-state index in [0.29, 0.717) is 38.0 Å². The number of benzene rings is 1. The number of sulfonamides is 1. The number of nitrogens with zero attached hydrogens (tertiary/aromatic N) is 2. The van der Waals surface area contributed by atoms with Crippen LogP contribution in [-0.4, -0.2) is 60.3 Å². The first-order valence-electron chi connectivity index (χ1n) is 7.96. The number of carboxylic acid groups (broad SMARTS) is 1. The first-order chi connectivity index (χ1) is 11.3. The van der Waals surface area contributed by atoms with E-state index in [9.17, 15) is 18.0 Å². The quantitative estimate of drug-likeness (QED) is 0.833. The highest BCUT2D eigenvalue weighted by molar-refractivity contribution is 7.89. The van der Waals surface area contributed by atoms with Crippen LogP contribution in [-0.2, 0) is 14.8 Å². The van der Waals surface area contributed by atoms with E-state index in [2.05, 4.69) is 0 Å². The Bertz CT molecular complexity index is 710. The van der Waals surface area contributed by atoms with Crippen molar-refractivity contribution in [3.05, 3.63) is 29.8 Å². The molecule has 0 radical (unpaired) electrons. The molecule has 0 unspecified atom stereocenters. The third kappa shape index (κ3) is 3.44. The summed E-state index contributed by atoms with van der Waals surface area (Å²) >= 11 is 0. The number of rotatable bonds is 6. The maximum atomic E-state index is 12.5. The zero-order valence-corrected chi connectivity index (χ0v) is 14.6. The lowest BCUT2D eigenvalue weighted by molar-refractivity contribution is -0.141. The van der Waals surface area contributed by atoms with Gasteiger partial charge in [0.25, 0.3) is 5.91 Å². The van der Waals surface area contributed by atoms with Crippen LogP contribution in [0.2, 0.25) is 0 Å². The van der Waals surface area contributed by atoms with Crippen LogP contribution in [0.1, 0.15) is 37.0 Å². The van der Waals surface area contributed by atoms with Crippen molar-refractivity contribution < 1.29 is 23.1 Å². The van der Waals surface area contributed by atoms with Crippen LogP contribution in [0.15, 0.2) is 29.2 Å². The lowest BCUT2D eigenvalue weighted by Gasteiger charge is -2.22. The minimum absolute atomic E-state index is 0.124. The van der Waals surface area contributed by atoms with Gasteiger partial charge in [0.05, 0.1) is 4.90 Å². The molecule has 1 heterocycles. The molecule has 1 aromatic rings. The molecule has 0 aromatic heterocycles. The van der Waals surface area contributed by atoms with Gasteiger partial charge in [-0.25, -0.2) is 13.2 Å². The number of likely N-dealkylation sites (tertiary alicyclic amines) is 1. The predicted octanol–water partition coefficient (Wildman–Crippen LogP) is 1.41. The zero-order chi connectivity index (χ0) is 17.9. The second-order valence-electron chi connectivity index (χ2n) is 5.61. The van der Waals surface area contributed by atoms with Gasteiger partial charge in [-0.3, -0.25) is 4.79 Å². The fourth-order valence-corrected chi connectivity index (χ4v) is 4.37. The lowest BCUT2D eigenvalue weighted by Crippen LogP contribution is -2.40. The molecule has 132 valence electrons. The van der Waals surface area contributed by atoms with Crippen LogP contribution >= 0.6 is 0 Å². The average Bonchev–Trinajstić information content (AvgIpc) is 3.05.